The van der Waals surface area contributed by atoms with Gasteiger partial charge in [0.15, 0.2) is 0 Å². The molecule has 0 atom stereocenters. The second-order valence-corrected chi connectivity index (χ2v) is 5.38. The summed E-state index contributed by atoms with van der Waals surface area (Å²) in [5.41, 5.74) is 0.817. The molecule has 0 unspecified atom stereocenters. The van der Waals surface area contributed by atoms with Gasteiger partial charge in [-0.1, -0.05) is 0 Å². The number of sulfonamides is 1. The van der Waals surface area contributed by atoms with Crippen molar-refractivity contribution in [1.29, 1.82) is 0 Å². The van der Waals surface area contributed by atoms with Crippen LogP contribution in [0.3, 0.4) is 0 Å². The SMILES string of the molecule is CNS(=O)(=O)c1ccc(NCCOCCO)cc1. The Morgan fingerprint density at radius 2 is 1.89 bits per heavy atom. The van der Waals surface area contributed by atoms with E-state index in [1.807, 2.05) is 0 Å². The summed E-state index contributed by atoms with van der Waals surface area (Å²) >= 11 is 0. The van der Waals surface area contributed by atoms with Crippen molar-refractivity contribution < 1.29 is 18.3 Å². The van der Waals surface area contributed by atoms with Gasteiger partial charge in [-0.15, -0.1) is 0 Å². The Morgan fingerprint density at radius 3 is 2.44 bits per heavy atom. The Labute approximate surface area is 107 Å². The van der Waals surface area contributed by atoms with E-state index in [0.29, 0.717) is 19.8 Å². The van der Waals surface area contributed by atoms with Crippen LogP contribution in [0.15, 0.2) is 29.2 Å². The van der Waals surface area contributed by atoms with Crippen LogP contribution in [-0.2, 0) is 14.8 Å². The van der Waals surface area contributed by atoms with Gasteiger partial charge in [0.1, 0.15) is 0 Å². The number of aliphatic hydroxyl groups excluding tert-OH is 1. The van der Waals surface area contributed by atoms with Gasteiger partial charge in [0, 0.05) is 12.2 Å². The maximum Gasteiger partial charge on any atom is 0.240 e. The molecular formula is C11H18N2O4S. The van der Waals surface area contributed by atoms with E-state index >= 15 is 0 Å². The van der Waals surface area contributed by atoms with E-state index in [-0.39, 0.29) is 11.5 Å². The Balaban J connectivity index is 2.46. The van der Waals surface area contributed by atoms with Crippen molar-refractivity contribution in [3.63, 3.8) is 0 Å². The van der Waals surface area contributed by atoms with Crippen LogP contribution in [0, 0.1) is 0 Å². The average molecular weight is 274 g/mol. The zero-order chi connectivity index (χ0) is 13.4. The molecule has 0 aromatic heterocycles. The maximum atomic E-state index is 11.5. The Morgan fingerprint density at radius 1 is 1.22 bits per heavy atom. The van der Waals surface area contributed by atoms with Crippen molar-refractivity contribution in [3.8, 4) is 0 Å². The maximum absolute atomic E-state index is 11.5. The zero-order valence-electron chi connectivity index (χ0n) is 10.2. The van der Waals surface area contributed by atoms with Gasteiger partial charge >= 0.3 is 0 Å². The molecule has 0 fully saturated rings. The number of benzene rings is 1. The molecule has 0 bridgehead atoms. The van der Waals surface area contributed by atoms with E-state index in [2.05, 4.69) is 10.0 Å². The van der Waals surface area contributed by atoms with Crippen LogP contribution in [-0.4, -0.2) is 46.9 Å². The predicted octanol–water partition coefficient (Wildman–Crippen LogP) is 0.0155. The van der Waals surface area contributed by atoms with Crippen LogP contribution in [0.5, 0.6) is 0 Å². The van der Waals surface area contributed by atoms with Gasteiger partial charge in [0.25, 0.3) is 0 Å². The molecule has 0 spiro atoms. The fraction of sp³-hybridized carbons (Fsp3) is 0.455. The van der Waals surface area contributed by atoms with Crippen LogP contribution in [0.4, 0.5) is 5.69 Å². The molecular weight excluding hydrogens is 256 g/mol. The lowest BCUT2D eigenvalue weighted by molar-refractivity contribution is 0.0992. The second-order valence-electron chi connectivity index (χ2n) is 3.49. The fourth-order valence-corrected chi connectivity index (χ4v) is 2.03. The molecule has 18 heavy (non-hydrogen) atoms. The third-order valence-corrected chi connectivity index (χ3v) is 3.67. The fourth-order valence-electron chi connectivity index (χ4n) is 1.30. The molecule has 0 amide bonds. The molecule has 1 aromatic carbocycles. The Kier molecular flexibility index (Phi) is 6.06. The first kappa shape index (κ1) is 14.9. The van der Waals surface area contributed by atoms with Gasteiger partial charge in [-0.05, 0) is 31.3 Å². The summed E-state index contributed by atoms with van der Waals surface area (Å²) in [5, 5.41) is 11.6. The van der Waals surface area contributed by atoms with Crippen LogP contribution < -0.4 is 10.0 Å². The molecule has 1 rings (SSSR count). The summed E-state index contributed by atoms with van der Waals surface area (Å²) in [4.78, 5) is 0.229. The Hall–Kier alpha value is -1.15. The molecule has 0 heterocycles. The van der Waals surface area contributed by atoms with Crippen molar-refractivity contribution >= 4 is 15.7 Å². The minimum Gasteiger partial charge on any atom is -0.394 e. The monoisotopic (exact) mass is 274 g/mol. The lowest BCUT2D eigenvalue weighted by Crippen LogP contribution is -2.18. The number of nitrogens with one attached hydrogen (secondary N) is 2. The quantitative estimate of drug-likeness (QED) is 0.582. The summed E-state index contributed by atoms with van der Waals surface area (Å²) in [6.45, 7) is 1.41. The summed E-state index contributed by atoms with van der Waals surface area (Å²) in [5.74, 6) is 0. The van der Waals surface area contributed by atoms with Gasteiger partial charge in [0.05, 0.1) is 24.7 Å². The normalized spacial score (nSPS) is 11.4. The molecule has 0 saturated carbocycles. The standard InChI is InChI=1S/C11H18N2O4S/c1-12-18(15,16)11-4-2-10(3-5-11)13-6-8-17-9-7-14/h2-5,12-14H,6-9H2,1H3. The molecule has 3 N–H and O–H groups in total. The molecule has 1 aromatic rings. The first-order chi connectivity index (χ1) is 8.60. The van der Waals surface area contributed by atoms with Gasteiger partial charge in [-0.3, -0.25) is 0 Å². The zero-order valence-corrected chi connectivity index (χ0v) is 11.0. The van der Waals surface area contributed by atoms with E-state index in [1.165, 1.54) is 19.2 Å². The minimum atomic E-state index is -3.38. The van der Waals surface area contributed by atoms with E-state index in [0.717, 1.165) is 5.69 Å². The topological polar surface area (TPSA) is 87.7 Å². The van der Waals surface area contributed by atoms with Crippen LogP contribution in [0.1, 0.15) is 0 Å². The molecule has 7 heteroatoms. The third kappa shape index (κ3) is 4.61. The minimum absolute atomic E-state index is 0.0105. The van der Waals surface area contributed by atoms with Gasteiger partial charge in [0.2, 0.25) is 10.0 Å². The first-order valence-corrected chi connectivity index (χ1v) is 7.04. The number of rotatable bonds is 8. The van der Waals surface area contributed by atoms with E-state index in [4.69, 9.17) is 9.84 Å². The van der Waals surface area contributed by atoms with E-state index in [9.17, 15) is 8.42 Å². The molecule has 0 saturated heterocycles. The van der Waals surface area contributed by atoms with E-state index in [1.54, 1.807) is 12.1 Å². The molecule has 6 nitrogen and oxygen atoms in total. The number of aliphatic hydroxyl groups is 1. The summed E-state index contributed by atoms with van der Waals surface area (Å²) < 4.78 is 30.3. The molecule has 0 aliphatic carbocycles. The summed E-state index contributed by atoms with van der Waals surface area (Å²) in [7, 11) is -2.00. The van der Waals surface area contributed by atoms with Crippen molar-refractivity contribution in [2.24, 2.45) is 0 Å². The largest absolute Gasteiger partial charge is 0.394 e. The van der Waals surface area contributed by atoms with Crippen molar-refractivity contribution in [1.82, 2.24) is 4.72 Å². The number of ether oxygens (including phenoxy) is 1. The number of anilines is 1. The molecule has 0 aliphatic rings. The molecule has 102 valence electrons. The Bertz CT molecular complexity index is 445. The van der Waals surface area contributed by atoms with E-state index < -0.39 is 10.0 Å². The van der Waals surface area contributed by atoms with Crippen LogP contribution in [0.25, 0.3) is 0 Å². The van der Waals surface area contributed by atoms with Gasteiger partial charge in [-0.2, -0.15) is 0 Å². The van der Waals surface area contributed by atoms with Gasteiger partial charge in [-0.25, -0.2) is 13.1 Å². The van der Waals surface area contributed by atoms with Crippen molar-refractivity contribution in [2.45, 2.75) is 4.90 Å². The highest BCUT2D eigenvalue weighted by molar-refractivity contribution is 7.89. The smallest absolute Gasteiger partial charge is 0.240 e. The molecule has 0 aliphatic heterocycles. The first-order valence-electron chi connectivity index (χ1n) is 5.56. The molecule has 0 radical (unpaired) electrons. The predicted molar refractivity (Wildman–Crippen MR) is 69.1 cm³/mol. The van der Waals surface area contributed by atoms with Crippen LogP contribution >= 0.6 is 0 Å². The average Bonchev–Trinajstić information content (AvgIpc) is 2.39. The van der Waals surface area contributed by atoms with Crippen molar-refractivity contribution in [2.75, 3.05) is 38.7 Å². The van der Waals surface area contributed by atoms with Crippen molar-refractivity contribution in [3.05, 3.63) is 24.3 Å². The number of hydrogen-bond acceptors (Lipinski definition) is 5. The lowest BCUT2D eigenvalue weighted by Gasteiger charge is -2.08. The second kappa shape index (κ2) is 7.32. The highest BCUT2D eigenvalue weighted by Crippen LogP contribution is 2.13. The summed E-state index contributed by atoms with van der Waals surface area (Å²) in [6, 6.07) is 6.44. The highest BCUT2D eigenvalue weighted by Gasteiger charge is 2.09. The summed E-state index contributed by atoms with van der Waals surface area (Å²) in [6.07, 6.45) is 0. The number of hydrogen-bond donors (Lipinski definition) is 3. The lowest BCUT2D eigenvalue weighted by atomic mass is 10.3. The van der Waals surface area contributed by atoms with Crippen LogP contribution in [0.2, 0.25) is 0 Å². The highest BCUT2D eigenvalue weighted by atomic mass is 32.2. The third-order valence-electron chi connectivity index (χ3n) is 2.24. The van der Waals surface area contributed by atoms with Gasteiger partial charge < -0.3 is 15.2 Å².